The fraction of sp³-hybridized carbons (Fsp3) is 0.417. The van der Waals surface area contributed by atoms with Gasteiger partial charge in [-0.15, -0.1) is 0 Å². The molecule has 1 heterocycles. The molecule has 0 saturated carbocycles. The molecule has 0 atom stereocenters. The van der Waals surface area contributed by atoms with Crippen LogP contribution in [0, 0.1) is 0 Å². The Morgan fingerprint density at radius 3 is 2.89 bits per heavy atom. The van der Waals surface area contributed by atoms with E-state index in [0.717, 1.165) is 5.69 Å². The molecular weight excluding hydrogens is 254 g/mol. The Morgan fingerprint density at radius 2 is 2.28 bits per heavy atom. The highest BCUT2D eigenvalue weighted by Gasteiger charge is 2.17. The first kappa shape index (κ1) is 14.4. The molecule has 0 fully saturated rings. The van der Waals surface area contributed by atoms with E-state index >= 15 is 0 Å². The molecule has 0 aliphatic rings. The number of rotatable bonds is 5. The average molecular weight is 271 g/mol. The summed E-state index contributed by atoms with van der Waals surface area (Å²) in [4.78, 5) is 13.3. The third-order valence-corrected chi connectivity index (χ3v) is 2.24. The van der Waals surface area contributed by atoms with Crippen molar-refractivity contribution in [2.75, 3.05) is 20.7 Å². The summed E-state index contributed by atoms with van der Waals surface area (Å²) >= 11 is 5.82. The number of hydrogen-bond donors (Lipinski definition) is 0. The van der Waals surface area contributed by atoms with E-state index in [1.165, 1.54) is 4.68 Å². The van der Waals surface area contributed by atoms with E-state index in [1.54, 1.807) is 19.1 Å². The number of carbonyl (C=O) groups excluding carboxylic acids is 1. The molecule has 6 heteroatoms. The lowest BCUT2D eigenvalue weighted by Crippen LogP contribution is -2.45. The lowest BCUT2D eigenvalue weighted by atomic mass is 10.3. The van der Waals surface area contributed by atoms with Gasteiger partial charge in [0.05, 0.1) is 6.61 Å². The Bertz CT molecular complexity index is 447. The standard InChI is InChI=1S/C12H17ClN3O2/c1-4-18-12(17)9-16-10(7-8-15(2)3)5-6-11(13)14-16/h5-8H,4,9H2,1-3H3/q+1. The first-order valence-corrected chi connectivity index (χ1v) is 5.97. The van der Waals surface area contributed by atoms with Crippen molar-refractivity contribution in [2.45, 2.75) is 13.5 Å². The van der Waals surface area contributed by atoms with Gasteiger partial charge in [-0.1, -0.05) is 16.3 Å². The van der Waals surface area contributed by atoms with Crippen LogP contribution >= 0.6 is 11.6 Å². The molecule has 0 radical (unpaired) electrons. The van der Waals surface area contributed by atoms with Gasteiger partial charge in [-0.25, -0.2) is 4.79 Å². The van der Waals surface area contributed by atoms with Crippen LogP contribution in [-0.2, 0) is 16.1 Å². The highest BCUT2D eigenvalue weighted by atomic mass is 35.5. The summed E-state index contributed by atoms with van der Waals surface area (Å²) in [7, 11) is 3.82. The minimum Gasteiger partial charge on any atom is -0.461 e. The van der Waals surface area contributed by atoms with E-state index in [1.807, 2.05) is 31.3 Å². The first-order chi connectivity index (χ1) is 8.52. The monoisotopic (exact) mass is 270 g/mol. The van der Waals surface area contributed by atoms with Gasteiger partial charge >= 0.3 is 5.97 Å². The Kier molecular flexibility index (Phi) is 5.58. The van der Waals surface area contributed by atoms with Crippen LogP contribution in [0.3, 0.4) is 0 Å². The van der Waals surface area contributed by atoms with Gasteiger partial charge in [-0.05, 0) is 13.0 Å². The van der Waals surface area contributed by atoms with Crippen LogP contribution in [0.1, 0.15) is 12.6 Å². The second-order valence-corrected chi connectivity index (χ2v) is 4.21. The van der Waals surface area contributed by atoms with Gasteiger partial charge in [0.1, 0.15) is 0 Å². The molecule has 98 valence electrons. The van der Waals surface area contributed by atoms with Crippen molar-refractivity contribution >= 4 is 23.6 Å². The maximum atomic E-state index is 11.5. The minimum atomic E-state index is -0.336. The minimum absolute atomic E-state index is 0.0432. The van der Waals surface area contributed by atoms with Gasteiger partial charge in [0.15, 0.2) is 5.15 Å². The van der Waals surface area contributed by atoms with Gasteiger partial charge in [0.25, 0.3) is 6.54 Å². The third-order valence-electron chi connectivity index (χ3n) is 2.03. The Labute approximate surface area is 112 Å². The highest BCUT2D eigenvalue weighted by molar-refractivity contribution is 6.29. The molecule has 1 aromatic rings. The molecule has 0 saturated heterocycles. The Morgan fingerprint density at radius 1 is 1.56 bits per heavy atom. The SMILES string of the molecule is CCOC(=O)C[n+]1nc(Cl)ccc1/C=C/N(C)C. The van der Waals surface area contributed by atoms with E-state index in [9.17, 15) is 4.79 Å². The van der Waals surface area contributed by atoms with Crippen molar-refractivity contribution in [1.82, 2.24) is 10.00 Å². The maximum Gasteiger partial charge on any atom is 0.375 e. The highest BCUT2D eigenvalue weighted by Crippen LogP contribution is 2.03. The van der Waals surface area contributed by atoms with E-state index in [-0.39, 0.29) is 12.5 Å². The predicted octanol–water partition coefficient (Wildman–Crippen LogP) is 1.12. The van der Waals surface area contributed by atoms with Crippen LogP contribution in [0.15, 0.2) is 18.3 Å². The van der Waals surface area contributed by atoms with Crippen molar-refractivity contribution in [1.29, 1.82) is 0 Å². The van der Waals surface area contributed by atoms with E-state index in [2.05, 4.69) is 5.10 Å². The van der Waals surface area contributed by atoms with Crippen molar-refractivity contribution < 1.29 is 14.2 Å². The molecule has 0 amide bonds. The van der Waals surface area contributed by atoms with Crippen LogP contribution in [-0.4, -0.2) is 36.7 Å². The van der Waals surface area contributed by atoms with Crippen molar-refractivity contribution in [3.05, 3.63) is 29.2 Å². The molecule has 1 rings (SSSR count). The zero-order valence-electron chi connectivity index (χ0n) is 10.8. The number of hydrogen-bond acceptors (Lipinski definition) is 4. The average Bonchev–Trinajstić information content (AvgIpc) is 2.28. The largest absolute Gasteiger partial charge is 0.461 e. The van der Waals surface area contributed by atoms with Gasteiger partial charge in [0.2, 0.25) is 5.69 Å². The van der Waals surface area contributed by atoms with Crippen molar-refractivity contribution in [2.24, 2.45) is 0 Å². The normalized spacial score (nSPS) is 10.7. The summed E-state index contributed by atoms with van der Waals surface area (Å²) in [5, 5.41) is 4.42. The quantitative estimate of drug-likeness (QED) is 0.594. The zero-order chi connectivity index (χ0) is 13.5. The van der Waals surface area contributed by atoms with Crippen LogP contribution in [0.2, 0.25) is 5.15 Å². The number of nitrogens with zero attached hydrogens (tertiary/aromatic N) is 3. The van der Waals surface area contributed by atoms with E-state index in [0.29, 0.717) is 11.8 Å². The summed E-state index contributed by atoms with van der Waals surface area (Å²) in [6, 6.07) is 3.48. The molecule has 0 aromatic carbocycles. The topological polar surface area (TPSA) is 46.3 Å². The second kappa shape index (κ2) is 6.96. The van der Waals surface area contributed by atoms with Crippen molar-refractivity contribution in [3.63, 3.8) is 0 Å². The molecule has 0 aliphatic heterocycles. The first-order valence-electron chi connectivity index (χ1n) is 5.60. The van der Waals surface area contributed by atoms with E-state index in [4.69, 9.17) is 16.3 Å². The van der Waals surface area contributed by atoms with Crippen LogP contribution in [0.5, 0.6) is 0 Å². The van der Waals surface area contributed by atoms with Gasteiger partial charge in [-0.2, -0.15) is 0 Å². The lowest BCUT2D eigenvalue weighted by molar-refractivity contribution is -0.745. The van der Waals surface area contributed by atoms with Gasteiger partial charge in [0, 0.05) is 37.5 Å². The summed E-state index contributed by atoms with van der Waals surface area (Å²) in [5.41, 5.74) is 0.779. The van der Waals surface area contributed by atoms with Crippen molar-refractivity contribution in [3.8, 4) is 0 Å². The second-order valence-electron chi connectivity index (χ2n) is 3.82. The molecule has 0 spiro atoms. The summed E-state index contributed by atoms with van der Waals surface area (Å²) in [5.74, 6) is -0.336. The molecule has 0 N–H and O–H groups in total. The Balaban J connectivity index is 2.93. The van der Waals surface area contributed by atoms with Crippen LogP contribution in [0.4, 0.5) is 0 Å². The molecule has 0 aliphatic carbocycles. The summed E-state index contributed by atoms with van der Waals surface area (Å²) < 4.78 is 6.40. The zero-order valence-corrected chi connectivity index (χ0v) is 11.5. The maximum absolute atomic E-state index is 11.5. The van der Waals surface area contributed by atoms with Crippen LogP contribution in [0.25, 0.3) is 6.08 Å². The van der Waals surface area contributed by atoms with Gasteiger partial charge in [-0.3, -0.25) is 0 Å². The predicted molar refractivity (Wildman–Crippen MR) is 68.8 cm³/mol. The number of ether oxygens (including phenoxy) is 1. The third kappa shape index (κ3) is 4.71. The van der Waals surface area contributed by atoms with E-state index < -0.39 is 0 Å². The Hall–Kier alpha value is -1.62. The molecule has 1 aromatic heterocycles. The summed E-state index contributed by atoms with van der Waals surface area (Å²) in [6.45, 7) is 2.16. The number of aromatic nitrogens is 2. The molecular formula is C12H17ClN3O2+. The summed E-state index contributed by atoms with van der Waals surface area (Å²) in [6.07, 6.45) is 3.72. The molecule has 0 unspecified atom stereocenters. The molecule has 0 bridgehead atoms. The fourth-order valence-electron chi connectivity index (χ4n) is 1.27. The molecule has 5 nitrogen and oxygen atoms in total. The lowest BCUT2D eigenvalue weighted by Gasteiger charge is -2.03. The smallest absolute Gasteiger partial charge is 0.375 e. The number of halogens is 1. The fourth-order valence-corrected chi connectivity index (χ4v) is 1.42. The molecule has 18 heavy (non-hydrogen) atoms. The van der Waals surface area contributed by atoms with Crippen LogP contribution < -0.4 is 4.68 Å². The van der Waals surface area contributed by atoms with Gasteiger partial charge < -0.3 is 9.64 Å². The number of carbonyl (C=O) groups is 1. The number of esters is 1.